The van der Waals surface area contributed by atoms with E-state index < -0.39 is 10.0 Å². The van der Waals surface area contributed by atoms with E-state index in [1.54, 1.807) is 55.6 Å². The van der Waals surface area contributed by atoms with Crippen LogP contribution >= 0.6 is 11.8 Å². The molecule has 0 bridgehead atoms. The van der Waals surface area contributed by atoms with Gasteiger partial charge in [0.25, 0.3) is 0 Å². The van der Waals surface area contributed by atoms with Gasteiger partial charge in [-0.3, -0.25) is 9.78 Å². The largest absolute Gasteiger partial charge is 0.497 e. The Hall–Kier alpha value is -2.82. The number of thioether (sulfide) groups is 1. The molecule has 1 aliphatic heterocycles. The summed E-state index contributed by atoms with van der Waals surface area (Å²) < 4.78 is 38.7. The molecule has 2 aromatic carbocycles. The highest BCUT2D eigenvalue weighted by Gasteiger charge is 2.35. The second-order valence-corrected chi connectivity index (χ2v) is 10.6. The maximum atomic E-state index is 13.3. The lowest BCUT2D eigenvalue weighted by Crippen LogP contribution is -2.38. The van der Waals surface area contributed by atoms with Gasteiger partial charge in [0.1, 0.15) is 21.8 Å². The summed E-state index contributed by atoms with van der Waals surface area (Å²) in [7, 11) is 0.881. The first-order chi connectivity index (χ1) is 15.9. The second-order valence-electron chi connectivity index (χ2n) is 7.52. The number of para-hydroxylation sites is 1. The average molecular weight is 488 g/mol. The van der Waals surface area contributed by atoms with Crippen molar-refractivity contribution in [1.29, 1.82) is 0 Å². The van der Waals surface area contributed by atoms with Gasteiger partial charge in [-0.05, 0) is 30.3 Å². The van der Waals surface area contributed by atoms with Crippen LogP contribution in [0.5, 0.6) is 11.5 Å². The van der Waals surface area contributed by atoms with Gasteiger partial charge < -0.3 is 14.4 Å². The highest BCUT2D eigenvalue weighted by molar-refractivity contribution is 8.00. The van der Waals surface area contributed by atoms with Gasteiger partial charge in [0.2, 0.25) is 15.9 Å². The number of hydrogen-bond acceptors (Lipinski definition) is 7. The Morgan fingerprint density at radius 3 is 2.70 bits per heavy atom. The molecule has 8 nitrogen and oxygen atoms in total. The van der Waals surface area contributed by atoms with E-state index in [4.69, 9.17) is 9.47 Å². The van der Waals surface area contributed by atoms with Gasteiger partial charge in [0, 0.05) is 37.3 Å². The van der Waals surface area contributed by atoms with Gasteiger partial charge in [-0.1, -0.05) is 18.2 Å². The maximum absolute atomic E-state index is 13.3. The van der Waals surface area contributed by atoms with Gasteiger partial charge in [-0.15, -0.1) is 11.8 Å². The Kier molecular flexibility index (Phi) is 6.78. The van der Waals surface area contributed by atoms with Gasteiger partial charge in [-0.25, -0.2) is 8.42 Å². The molecule has 0 aliphatic carbocycles. The van der Waals surface area contributed by atoms with Crippen LogP contribution in [-0.2, 0) is 14.8 Å². The minimum atomic E-state index is -3.80. The first-order valence-corrected chi connectivity index (χ1v) is 12.8. The molecule has 1 fully saturated rings. The van der Waals surface area contributed by atoms with Gasteiger partial charge >= 0.3 is 0 Å². The number of ether oxygens (including phenoxy) is 2. The number of fused-ring (bicyclic) bond motifs is 1. The van der Waals surface area contributed by atoms with E-state index in [1.165, 1.54) is 23.1 Å². The van der Waals surface area contributed by atoms with E-state index in [-0.39, 0.29) is 29.3 Å². The fourth-order valence-electron chi connectivity index (χ4n) is 3.81. The van der Waals surface area contributed by atoms with Crippen LogP contribution in [0.2, 0.25) is 0 Å². The minimum Gasteiger partial charge on any atom is -0.497 e. The van der Waals surface area contributed by atoms with Crippen molar-refractivity contribution in [2.45, 2.75) is 10.3 Å². The third kappa shape index (κ3) is 4.50. The standard InChI is InChI=1S/C23H25N3O5S2/c1-25(33(28,29)20-8-4-6-16-7-5-11-24-22(16)20)12-13-26-21(27)15-32-23(26)18-14-17(30-2)9-10-19(18)31-3/h4-11,14,23H,12-13,15H2,1-3H3/t23-/m1/s1. The van der Waals surface area contributed by atoms with E-state index in [2.05, 4.69) is 4.98 Å². The first kappa shape index (κ1) is 23.3. The molecule has 0 spiro atoms. The van der Waals surface area contributed by atoms with Gasteiger partial charge in [0.05, 0.1) is 25.5 Å². The molecule has 33 heavy (non-hydrogen) atoms. The Bertz CT molecular complexity index is 1280. The van der Waals surface area contributed by atoms with Gasteiger partial charge in [0.15, 0.2) is 0 Å². The lowest BCUT2D eigenvalue weighted by atomic mass is 10.1. The highest BCUT2D eigenvalue weighted by Crippen LogP contribution is 2.43. The van der Waals surface area contributed by atoms with E-state index >= 15 is 0 Å². The predicted molar refractivity (Wildman–Crippen MR) is 128 cm³/mol. The first-order valence-electron chi connectivity index (χ1n) is 10.3. The van der Waals surface area contributed by atoms with Crippen molar-refractivity contribution in [1.82, 2.24) is 14.2 Å². The van der Waals surface area contributed by atoms with E-state index in [9.17, 15) is 13.2 Å². The van der Waals surface area contributed by atoms with Crippen molar-refractivity contribution in [3.63, 3.8) is 0 Å². The summed E-state index contributed by atoms with van der Waals surface area (Å²) in [5, 5.41) is 0.459. The zero-order valence-electron chi connectivity index (χ0n) is 18.6. The fraction of sp³-hybridized carbons (Fsp3) is 0.304. The molecular formula is C23H25N3O5S2. The van der Waals surface area contributed by atoms with Crippen molar-refractivity contribution in [2.24, 2.45) is 0 Å². The average Bonchev–Trinajstić information content (AvgIpc) is 3.21. The van der Waals surface area contributed by atoms with Crippen molar-refractivity contribution >= 4 is 38.6 Å². The smallest absolute Gasteiger partial charge is 0.245 e. The highest BCUT2D eigenvalue weighted by atomic mass is 32.2. The fourth-order valence-corrected chi connectivity index (χ4v) is 6.36. The Balaban J connectivity index is 1.57. The number of carbonyl (C=O) groups excluding carboxylic acids is 1. The quantitative estimate of drug-likeness (QED) is 0.482. The van der Waals surface area contributed by atoms with Crippen molar-refractivity contribution < 1.29 is 22.7 Å². The number of aromatic nitrogens is 1. The molecule has 0 N–H and O–H groups in total. The van der Waals surface area contributed by atoms with Crippen LogP contribution in [-0.4, -0.2) is 68.6 Å². The van der Waals surface area contributed by atoms with Crippen molar-refractivity contribution in [3.05, 3.63) is 60.3 Å². The molecule has 10 heteroatoms. The molecule has 2 heterocycles. The van der Waals surface area contributed by atoms with Crippen LogP contribution in [0.25, 0.3) is 10.9 Å². The summed E-state index contributed by atoms with van der Waals surface area (Å²) in [5.41, 5.74) is 1.25. The van der Waals surface area contributed by atoms with Crippen LogP contribution < -0.4 is 9.47 Å². The summed E-state index contributed by atoms with van der Waals surface area (Å²) in [6.45, 7) is 0.380. The number of methoxy groups -OCH3 is 2. The second kappa shape index (κ2) is 9.58. The number of pyridine rings is 1. The van der Waals surface area contributed by atoms with Crippen LogP contribution in [0.3, 0.4) is 0 Å². The summed E-state index contributed by atoms with van der Waals surface area (Å²) in [5.74, 6) is 1.58. The molecule has 1 aromatic heterocycles. The molecule has 1 amide bonds. The van der Waals surface area contributed by atoms with Crippen molar-refractivity contribution in [3.8, 4) is 11.5 Å². The summed E-state index contributed by atoms with van der Waals surface area (Å²) >= 11 is 1.48. The van der Waals surface area contributed by atoms with Crippen LogP contribution in [0, 0.1) is 0 Å². The lowest BCUT2D eigenvalue weighted by Gasteiger charge is -2.28. The Morgan fingerprint density at radius 1 is 1.15 bits per heavy atom. The van der Waals surface area contributed by atoms with Crippen LogP contribution in [0.1, 0.15) is 10.9 Å². The molecule has 1 atom stereocenters. The molecule has 0 unspecified atom stereocenters. The molecule has 174 valence electrons. The third-order valence-corrected chi connectivity index (χ3v) is 8.74. The number of nitrogens with zero attached hydrogens (tertiary/aromatic N) is 3. The number of sulfonamides is 1. The van der Waals surface area contributed by atoms with Gasteiger partial charge in [-0.2, -0.15) is 4.31 Å². The summed E-state index contributed by atoms with van der Waals surface area (Å²) in [4.78, 5) is 18.8. The predicted octanol–water partition coefficient (Wildman–Crippen LogP) is 3.15. The number of carbonyl (C=O) groups is 1. The molecule has 1 saturated heterocycles. The zero-order chi connectivity index (χ0) is 23.6. The number of hydrogen-bond donors (Lipinski definition) is 0. The molecule has 4 rings (SSSR count). The van der Waals surface area contributed by atoms with E-state index in [0.29, 0.717) is 22.8 Å². The van der Waals surface area contributed by atoms with E-state index in [0.717, 1.165) is 10.9 Å². The zero-order valence-corrected chi connectivity index (χ0v) is 20.2. The molecule has 3 aromatic rings. The number of likely N-dealkylation sites (N-methyl/N-ethyl adjacent to an activating group) is 1. The number of amides is 1. The van der Waals surface area contributed by atoms with E-state index in [1.807, 2.05) is 18.2 Å². The lowest BCUT2D eigenvalue weighted by molar-refractivity contribution is -0.128. The number of benzene rings is 2. The minimum absolute atomic E-state index is 0.0486. The molecule has 0 saturated carbocycles. The van der Waals surface area contributed by atoms with Crippen LogP contribution in [0.15, 0.2) is 59.6 Å². The van der Waals surface area contributed by atoms with Crippen LogP contribution in [0.4, 0.5) is 0 Å². The SMILES string of the molecule is COc1ccc(OC)c([C@H]2SCC(=O)N2CCN(C)S(=O)(=O)c2cccc3cccnc23)c1. The summed E-state index contributed by atoms with van der Waals surface area (Å²) in [6, 6.07) is 14.1. The topological polar surface area (TPSA) is 89.0 Å². The van der Waals surface area contributed by atoms with Crippen molar-refractivity contribution in [2.75, 3.05) is 40.1 Å². The third-order valence-electron chi connectivity index (χ3n) is 5.61. The molecule has 1 aliphatic rings. The Morgan fingerprint density at radius 2 is 1.94 bits per heavy atom. The maximum Gasteiger partial charge on any atom is 0.245 e. The monoisotopic (exact) mass is 487 g/mol. The summed E-state index contributed by atoms with van der Waals surface area (Å²) in [6.07, 6.45) is 1.58. The Labute approximate surface area is 197 Å². The molecular weight excluding hydrogens is 462 g/mol. The molecule has 0 radical (unpaired) electrons. The number of rotatable bonds is 8. The normalized spacial score (nSPS) is 16.5.